The quantitative estimate of drug-likeness (QED) is 0.746. The van der Waals surface area contributed by atoms with Crippen LogP contribution in [0.4, 0.5) is 0 Å². The van der Waals surface area contributed by atoms with Crippen LogP contribution in [-0.2, 0) is 0 Å². The van der Waals surface area contributed by atoms with E-state index in [4.69, 9.17) is 5.73 Å². The largest absolute Gasteiger partial charge is 0.330 e. The zero-order valence-corrected chi connectivity index (χ0v) is 11.6. The fourth-order valence-electron chi connectivity index (χ4n) is 3.66. The molecule has 2 nitrogen and oxygen atoms in total. The zero-order chi connectivity index (χ0) is 12.1. The Kier molecular flexibility index (Phi) is 4.87. The lowest BCUT2D eigenvalue weighted by molar-refractivity contribution is 0.124. The van der Waals surface area contributed by atoms with E-state index in [0.29, 0.717) is 5.41 Å². The van der Waals surface area contributed by atoms with Gasteiger partial charge in [-0.2, -0.15) is 0 Å². The molecule has 0 radical (unpaired) electrons. The average Bonchev–Trinajstić information content (AvgIpc) is 2.50. The molecule has 17 heavy (non-hydrogen) atoms. The summed E-state index contributed by atoms with van der Waals surface area (Å²) in [5, 5.41) is 0. The summed E-state index contributed by atoms with van der Waals surface area (Å²) in [6.45, 7) is 3.43. The van der Waals surface area contributed by atoms with Gasteiger partial charge in [-0.3, -0.25) is 0 Å². The molecule has 2 aliphatic rings. The molecule has 0 aromatic carbocycles. The van der Waals surface area contributed by atoms with E-state index in [1.165, 1.54) is 70.9 Å². The normalized spacial score (nSPS) is 25.6. The molecule has 2 saturated carbocycles. The third-order valence-corrected chi connectivity index (χ3v) is 5.00. The first-order chi connectivity index (χ1) is 8.24. The molecule has 2 aliphatic carbocycles. The van der Waals surface area contributed by atoms with E-state index in [1.807, 2.05) is 0 Å². The first-order valence-corrected chi connectivity index (χ1v) is 7.63. The molecule has 0 bridgehead atoms. The van der Waals surface area contributed by atoms with Crippen LogP contribution in [0.3, 0.4) is 0 Å². The molecule has 0 aromatic heterocycles. The lowest BCUT2D eigenvalue weighted by atomic mass is 9.79. The Morgan fingerprint density at radius 3 is 2.18 bits per heavy atom. The standard InChI is InChI=1S/C15H30N2/c1-17(11-14-7-6-8-14)13-15(12-16)9-4-2-3-5-10-15/h14H,2-13,16H2,1H3. The van der Waals surface area contributed by atoms with Crippen LogP contribution in [0.5, 0.6) is 0 Å². The van der Waals surface area contributed by atoms with Crippen LogP contribution >= 0.6 is 0 Å². The van der Waals surface area contributed by atoms with E-state index in [-0.39, 0.29) is 0 Å². The molecule has 0 heterocycles. The van der Waals surface area contributed by atoms with Crippen LogP contribution in [0, 0.1) is 11.3 Å². The van der Waals surface area contributed by atoms with Gasteiger partial charge in [0.1, 0.15) is 0 Å². The molecule has 0 saturated heterocycles. The van der Waals surface area contributed by atoms with Crippen LogP contribution < -0.4 is 5.73 Å². The summed E-state index contributed by atoms with van der Waals surface area (Å²) in [5.41, 5.74) is 6.55. The number of hydrogen-bond acceptors (Lipinski definition) is 2. The Balaban J connectivity index is 1.83. The Labute approximate surface area is 107 Å². The molecule has 2 rings (SSSR count). The smallest absolute Gasteiger partial charge is 0.00471 e. The van der Waals surface area contributed by atoms with Crippen molar-refractivity contribution in [3.05, 3.63) is 0 Å². The Hall–Kier alpha value is -0.0800. The van der Waals surface area contributed by atoms with E-state index in [0.717, 1.165) is 12.5 Å². The summed E-state index contributed by atoms with van der Waals surface area (Å²) in [5.74, 6) is 0.987. The van der Waals surface area contributed by atoms with Crippen LogP contribution in [0.15, 0.2) is 0 Å². The minimum absolute atomic E-state index is 0.439. The second-order valence-corrected chi connectivity index (χ2v) is 6.61. The third kappa shape index (κ3) is 3.69. The zero-order valence-electron chi connectivity index (χ0n) is 11.6. The number of hydrogen-bond donors (Lipinski definition) is 1. The molecule has 2 heteroatoms. The predicted octanol–water partition coefficient (Wildman–Crippen LogP) is 3.02. The van der Waals surface area contributed by atoms with Gasteiger partial charge in [0.15, 0.2) is 0 Å². The summed E-state index contributed by atoms with van der Waals surface area (Å²) in [6.07, 6.45) is 12.7. The summed E-state index contributed by atoms with van der Waals surface area (Å²) >= 11 is 0. The van der Waals surface area contributed by atoms with Gasteiger partial charge in [0.25, 0.3) is 0 Å². The molecule has 0 amide bonds. The summed E-state index contributed by atoms with van der Waals surface area (Å²) < 4.78 is 0. The second kappa shape index (κ2) is 6.19. The van der Waals surface area contributed by atoms with Crippen molar-refractivity contribution in [2.24, 2.45) is 17.1 Å². The molecule has 2 N–H and O–H groups in total. The van der Waals surface area contributed by atoms with Gasteiger partial charge in [0.2, 0.25) is 0 Å². The van der Waals surface area contributed by atoms with Gasteiger partial charge in [-0.1, -0.05) is 32.1 Å². The minimum atomic E-state index is 0.439. The third-order valence-electron chi connectivity index (χ3n) is 5.00. The fourth-order valence-corrected chi connectivity index (χ4v) is 3.66. The van der Waals surface area contributed by atoms with Crippen molar-refractivity contribution in [2.75, 3.05) is 26.7 Å². The van der Waals surface area contributed by atoms with Gasteiger partial charge in [-0.05, 0) is 50.6 Å². The van der Waals surface area contributed by atoms with E-state index in [9.17, 15) is 0 Å². The maximum absolute atomic E-state index is 6.11. The van der Waals surface area contributed by atoms with E-state index in [2.05, 4.69) is 11.9 Å². The molecule has 0 aliphatic heterocycles. The Morgan fingerprint density at radius 2 is 1.71 bits per heavy atom. The predicted molar refractivity (Wildman–Crippen MR) is 74.0 cm³/mol. The van der Waals surface area contributed by atoms with Gasteiger partial charge in [-0.15, -0.1) is 0 Å². The van der Waals surface area contributed by atoms with Crippen LogP contribution in [0.25, 0.3) is 0 Å². The molecule has 100 valence electrons. The van der Waals surface area contributed by atoms with Crippen molar-refractivity contribution in [3.8, 4) is 0 Å². The first kappa shape index (κ1) is 13.4. The summed E-state index contributed by atoms with van der Waals surface area (Å²) in [4.78, 5) is 2.57. The number of rotatable bonds is 5. The molecule has 0 unspecified atom stereocenters. The van der Waals surface area contributed by atoms with Crippen LogP contribution in [-0.4, -0.2) is 31.6 Å². The van der Waals surface area contributed by atoms with E-state index >= 15 is 0 Å². The lowest BCUT2D eigenvalue weighted by Gasteiger charge is -2.38. The monoisotopic (exact) mass is 238 g/mol. The molecular weight excluding hydrogens is 208 g/mol. The highest BCUT2D eigenvalue weighted by Gasteiger charge is 2.31. The fraction of sp³-hybridized carbons (Fsp3) is 1.00. The van der Waals surface area contributed by atoms with Crippen molar-refractivity contribution in [2.45, 2.75) is 57.8 Å². The molecule has 2 fully saturated rings. The van der Waals surface area contributed by atoms with E-state index < -0.39 is 0 Å². The first-order valence-electron chi connectivity index (χ1n) is 7.63. The van der Waals surface area contributed by atoms with Crippen molar-refractivity contribution < 1.29 is 0 Å². The second-order valence-electron chi connectivity index (χ2n) is 6.61. The summed E-state index contributed by atoms with van der Waals surface area (Å²) in [6, 6.07) is 0. The van der Waals surface area contributed by atoms with Crippen molar-refractivity contribution in [3.63, 3.8) is 0 Å². The highest BCUT2D eigenvalue weighted by molar-refractivity contribution is 4.86. The van der Waals surface area contributed by atoms with Crippen LogP contribution in [0.2, 0.25) is 0 Å². The summed E-state index contributed by atoms with van der Waals surface area (Å²) in [7, 11) is 2.31. The highest BCUT2D eigenvalue weighted by Crippen LogP contribution is 2.35. The van der Waals surface area contributed by atoms with Crippen molar-refractivity contribution >= 4 is 0 Å². The minimum Gasteiger partial charge on any atom is -0.330 e. The van der Waals surface area contributed by atoms with Gasteiger partial charge in [0.05, 0.1) is 0 Å². The maximum atomic E-state index is 6.11. The average molecular weight is 238 g/mol. The van der Waals surface area contributed by atoms with Crippen molar-refractivity contribution in [1.82, 2.24) is 4.90 Å². The van der Waals surface area contributed by atoms with Crippen LogP contribution in [0.1, 0.15) is 57.8 Å². The molecule has 0 aromatic rings. The topological polar surface area (TPSA) is 29.3 Å². The maximum Gasteiger partial charge on any atom is 0.00471 e. The Bertz CT molecular complexity index is 215. The van der Waals surface area contributed by atoms with Gasteiger partial charge >= 0.3 is 0 Å². The number of nitrogens with two attached hydrogens (primary N) is 1. The molecule has 0 atom stereocenters. The van der Waals surface area contributed by atoms with Gasteiger partial charge in [0, 0.05) is 13.1 Å². The molecular formula is C15H30N2. The van der Waals surface area contributed by atoms with E-state index in [1.54, 1.807) is 0 Å². The number of nitrogens with zero attached hydrogens (tertiary/aromatic N) is 1. The SMILES string of the molecule is CN(CC1CCC1)CC1(CN)CCCCCC1. The Morgan fingerprint density at radius 1 is 1.06 bits per heavy atom. The van der Waals surface area contributed by atoms with Crippen molar-refractivity contribution in [1.29, 1.82) is 0 Å². The molecule has 0 spiro atoms. The lowest BCUT2D eigenvalue weighted by Crippen LogP contribution is -2.43. The van der Waals surface area contributed by atoms with Gasteiger partial charge in [-0.25, -0.2) is 0 Å². The highest BCUT2D eigenvalue weighted by atomic mass is 15.1. The van der Waals surface area contributed by atoms with Gasteiger partial charge < -0.3 is 10.6 Å².